The van der Waals surface area contributed by atoms with E-state index < -0.39 is 0 Å². The third-order valence-corrected chi connectivity index (χ3v) is 1.81. The van der Waals surface area contributed by atoms with Crippen molar-refractivity contribution in [3.05, 3.63) is 0 Å². The molecular formula is C7H16N2S2. The maximum absolute atomic E-state index is 4.73. The first kappa shape index (κ1) is 11.2. The summed E-state index contributed by atoms with van der Waals surface area (Å²) in [6, 6.07) is 0.588. The molecule has 2 N–H and O–H groups in total. The Bertz CT molecular complexity index is 117. The minimum absolute atomic E-state index is 0.566. The standard InChI is InChI=1S/C7H16N2S2/c1-3-6(2)8-4-5-9-7(10)11/h6,8H,3-5H2,1-2H3,(H2,9,10,11). The molecule has 1 atom stereocenters. The summed E-state index contributed by atoms with van der Waals surface area (Å²) in [6.07, 6.45) is 1.16. The molecule has 0 saturated carbocycles. The first-order chi connectivity index (χ1) is 5.16. The number of thiol groups is 1. The van der Waals surface area contributed by atoms with Crippen LogP contribution < -0.4 is 10.6 Å². The highest BCUT2D eigenvalue weighted by Gasteiger charge is 1.94. The van der Waals surface area contributed by atoms with Crippen LogP contribution in [0, 0.1) is 0 Å². The maximum atomic E-state index is 4.73. The third-order valence-electron chi connectivity index (χ3n) is 1.51. The van der Waals surface area contributed by atoms with Gasteiger partial charge in [0.25, 0.3) is 0 Å². The second-order valence-corrected chi connectivity index (χ2v) is 3.65. The van der Waals surface area contributed by atoms with Crippen LogP contribution in [-0.4, -0.2) is 23.5 Å². The molecule has 0 bridgehead atoms. The van der Waals surface area contributed by atoms with Crippen LogP contribution in [0.25, 0.3) is 0 Å². The van der Waals surface area contributed by atoms with E-state index >= 15 is 0 Å². The van der Waals surface area contributed by atoms with Crippen molar-refractivity contribution >= 4 is 29.2 Å². The summed E-state index contributed by atoms with van der Waals surface area (Å²) in [6.45, 7) is 6.12. The fourth-order valence-electron chi connectivity index (χ4n) is 0.632. The van der Waals surface area contributed by atoms with Crippen LogP contribution in [0.1, 0.15) is 20.3 Å². The first-order valence-corrected chi connectivity index (χ1v) is 4.72. The van der Waals surface area contributed by atoms with Crippen LogP contribution in [0.3, 0.4) is 0 Å². The monoisotopic (exact) mass is 192 g/mol. The van der Waals surface area contributed by atoms with Gasteiger partial charge in [-0.05, 0) is 13.3 Å². The minimum Gasteiger partial charge on any atom is -0.370 e. The van der Waals surface area contributed by atoms with Gasteiger partial charge in [-0.25, -0.2) is 0 Å². The molecular weight excluding hydrogens is 176 g/mol. The van der Waals surface area contributed by atoms with Gasteiger partial charge >= 0.3 is 0 Å². The molecule has 0 aromatic carbocycles. The topological polar surface area (TPSA) is 24.1 Å². The van der Waals surface area contributed by atoms with Crippen LogP contribution in [0.15, 0.2) is 0 Å². The molecule has 0 heterocycles. The van der Waals surface area contributed by atoms with Gasteiger partial charge in [0.1, 0.15) is 4.32 Å². The van der Waals surface area contributed by atoms with E-state index in [2.05, 4.69) is 37.1 Å². The highest BCUT2D eigenvalue weighted by molar-refractivity contribution is 8.11. The van der Waals surface area contributed by atoms with Gasteiger partial charge in [0.15, 0.2) is 0 Å². The van der Waals surface area contributed by atoms with Gasteiger partial charge in [0.2, 0.25) is 0 Å². The molecule has 0 aliphatic rings. The Morgan fingerprint density at radius 3 is 2.64 bits per heavy atom. The van der Waals surface area contributed by atoms with Crippen molar-refractivity contribution in [2.24, 2.45) is 0 Å². The van der Waals surface area contributed by atoms with Crippen LogP contribution >= 0.6 is 24.8 Å². The number of thiocarbonyl (C=S) groups is 1. The van der Waals surface area contributed by atoms with E-state index in [1.165, 1.54) is 0 Å². The molecule has 11 heavy (non-hydrogen) atoms. The number of nitrogens with one attached hydrogen (secondary N) is 2. The van der Waals surface area contributed by atoms with Gasteiger partial charge in [-0.1, -0.05) is 19.1 Å². The Kier molecular flexibility index (Phi) is 7.01. The predicted molar refractivity (Wildman–Crippen MR) is 57.3 cm³/mol. The summed E-state index contributed by atoms with van der Waals surface area (Å²) in [7, 11) is 0. The quantitative estimate of drug-likeness (QED) is 0.346. The zero-order valence-corrected chi connectivity index (χ0v) is 8.77. The maximum Gasteiger partial charge on any atom is 0.130 e. The number of rotatable bonds is 5. The predicted octanol–water partition coefficient (Wildman–Crippen LogP) is 1.18. The van der Waals surface area contributed by atoms with Gasteiger partial charge < -0.3 is 10.6 Å². The van der Waals surface area contributed by atoms with Gasteiger partial charge in [-0.2, -0.15) is 0 Å². The van der Waals surface area contributed by atoms with Crippen LogP contribution in [0.5, 0.6) is 0 Å². The lowest BCUT2D eigenvalue weighted by Crippen LogP contribution is -2.33. The van der Waals surface area contributed by atoms with Gasteiger partial charge in [-0.15, -0.1) is 12.6 Å². The summed E-state index contributed by atoms with van der Waals surface area (Å²) >= 11 is 8.67. The zero-order valence-electron chi connectivity index (χ0n) is 7.05. The van der Waals surface area contributed by atoms with Crippen molar-refractivity contribution in [3.63, 3.8) is 0 Å². The lowest BCUT2D eigenvalue weighted by Gasteiger charge is -2.10. The Morgan fingerprint density at radius 2 is 2.18 bits per heavy atom. The van der Waals surface area contributed by atoms with E-state index in [-0.39, 0.29) is 0 Å². The lowest BCUT2D eigenvalue weighted by molar-refractivity contribution is 0.535. The summed E-state index contributed by atoms with van der Waals surface area (Å²) in [5, 5.41) is 6.29. The van der Waals surface area contributed by atoms with E-state index in [0.717, 1.165) is 19.5 Å². The first-order valence-electron chi connectivity index (χ1n) is 3.87. The fourth-order valence-corrected chi connectivity index (χ4v) is 0.846. The minimum atomic E-state index is 0.566. The summed E-state index contributed by atoms with van der Waals surface area (Å²) in [5.41, 5.74) is 0. The van der Waals surface area contributed by atoms with E-state index in [4.69, 9.17) is 12.2 Å². The smallest absolute Gasteiger partial charge is 0.130 e. The molecule has 0 aromatic rings. The lowest BCUT2D eigenvalue weighted by atomic mass is 10.3. The average molecular weight is 192 g/mol. The van der Waals surface area contributed by atoms with Crippen molar-refractivity contribution < 1.29 is 0 Å². The van der Waals surface area contributed by atoms with Crippen molar-refractivity contribution in [1.82, 2.24) is 10.6 Å². The van der Waals surface area contributed by atoms with Crippen molar-refractivity contribution in [2.45, 2.75) is 26.3 Å². The van der Waals surface area contributed by atoms with E-state index in [9.17, 15) is 0 Å². The average Bonchev–Trinajstić information content (AvgIpc) is 1.97. The SMILES string of the molecule is CCC(C)NCCNC(=S)S. The molecule has 0 aliphatic heterocycles. The van der Waals surface area contributed by atoms with Crippen LogP contribution in [-0.2, 0) is 0 Å². The molecule has 0 fully saturated rings. The number of hydrogen-bond acceptors (Lipinski definition) is 2. The zero-order chi connectivity index (χ0) is 8.69. The molecule has 4 heteroatoms. The summed E-state index contributed by atoms with van der Waals surface area (Å²) in [4.78, 5) is 0. The Hall–Kier alpha value is 0.200. The van der Waals surface area contributed by atoms with Crippen molar-refractivity contribution in [1.29, 1.82) is 0 Å². The van der Waals surface area contributed by atoms with Gasteiger partial charge in [-0.3, -0.25) is 0 Å². The van der Waals surface area contributed by atoms with E-state index in [0.29, 0.717) is 10.4 Å². The van der Waals surface area contributed by atoms with Crippen molar-refractivity contribution in [2.75, 3.05) is 13.1 Å². The molecule has 0 rings (SSSR count). The molecule has 0 aromatic heterocycles. The molecule has 0 amide bonds. The summed E-state index contributed by atoms with van der Waals surface area (Å²) in [5.74, 6) is 0. The Morgan fingerprint density at radius 1 is 1.55 bits per heavy atom. The Labute approximate surface area is 79.5 Å². The normalized spacial score (nSPS) is 12.6. The van der Waals surface area contributed by atoms with E-state index in [1.807, 2.05) is 0 Å². The van der Waals surface area contributed by atoms with Gasteiger partial charge in [0, 0.05) is 19.1 Å². The Balaban J connectivity index is 3.08. The third kappa shape index (κ3) is 8.10. The molecule has 1 unspecified atom stereocenters. The molecule has 0 aliphatic carbocycles. The van der Waals surface area contributed by atoms with Crippen LogP contribution in [0.2, 0.25) is 0 Å². The fraction of sp³-hybridized carbons (Fsp3) is 0.857. The highest BCUT2D eigenvalue weighted by atomic mass is 32.1. The largest absolute Gasteiger partial charge is 0.370 e. The molecule has 66 valence electrons. The molecule has 0 radical (unpaired) electrons. The second kappa shape index (κ2) is 6.88. The molecule has 0 spiro atoms. The highest BCUT2D eigenvalue weighted by Crippen LogP contribution is 1.85. The van der Waals surface area contributed by atoms with Crippen molar-refractivity contribution in [3.8, 4) is 0 Å². The molecule has 2 nitrogen and oxygen atoms in total. The molecule has 0 saturated heterocycles. The second-order valence-electron chi connectivity index (χ2n) is 2.50. The van der Waals surface area contributed by atoms with E-state index in [1.54, 1.807) is 0 Å². The summed E-state index contributed by atoms with van der Waals surface area (Å²) < 4.78 is 0.566. The number of hydrogen-bond donors (Lipinski definition) is 3. The van der Waals surface area contributed by atoms with Gasteiger partial charge in [0.05, 0.1) is 0 Å². The van der Waals surface area contributed by atoms with Crippen LogP contribution in [0.4, 0.5) is 0 Å².